The van der Waals surface area contributed by atoms with E-state index in [1.165, 1.54) is 11.1 Å². The molecule has 1 aromatic rings. The molecule has 0 aliphatic heterocycles. The van der Waals surface area contributed by atoms with Crippen LogP contribution in [0, 0.1) is 6.92 Å². The summed E-state index contributed by atoms with van der Waals surface area (Å²) in [4.78, 5) is 0. The standard InChI is InChI=1S/C12H17N/c1-4-9-13-11(3)12-7-5-10(2)6-8-12/h4-8,11,13H,1,9H2,2-3H3/t11-/m0/s1. The van der Waals surface area contributed by atoms with Gasteiger partial charge in [-0.05, 0) is 19.4 Å². The summed E-state index contributed by atoms with van der Waals surface area (Å²) in [6.07, 6.45) is 1.88. The molecule has 1 N–H and O–H groups in total. The van der Waals surface area contributed by atoms with Crippen molar-refractivity contribution in [2.75, 3.05) is 6.54 Å². The molecule has 1 atom stereocenters. The molecule has 0 unspecified atom stereocenters. The Balaban J connectivity index is 2.60. The molecule has 1 nitrogen and oxygen atoms in total. The van der Waals surface area contributed by atoms with Gasteiger partial charge >= 0.3 is 0 Å². The third-order valence-corrected chi connectivity index (χ3v) is 2.15. The van der Waals surface area contributed by atoms with Crippen LogP contribution in [-0.4, -0.2) is 6.54 Å². The third-order valence-electron chi connectivity index (χ3n) is 2.15. The summed E-state index contributed by atoms with van der Waals surface area (Å²) in [6, 6.07) is 9.01. The molecule has 0 saturated carbocycles. The van der Waals surface area contributed by atoms with Crippen LogP contribution in [0.15, 0.2) is 36.9 Å². The number of benzene rings is 1. The number of rotatable bonds is 4. The van der Waals surface area contributed by atoms with E-state index >= 15 is 0 Å². The summed E-state index contributed by atoms with van der Waals surface area (Å²) in [7, 11) is 0. The van der Waals surface area contributed by atoms with Crippen LogP contribution in [0.3, 0.4) is 0 Å². The molecule has 0 heterocycles. The smallest absolute Gasteiger partial charge is 0.0294 e. The van der Waals surface area contributed by atoms with Crippen molar-refractivity contribution in [2.45, 2.75) is 19.9 Å². The first-order valence-corrected chi connectivity index (χ1v) is 4.65. The third kappa shape index (κ3) is 3.03. The van der Waals surface area contributed by atoms with Gasteiger partial charge in [-0.15, -0.1) is 6.58 Å². The summed E-state index contributed by atoms with van der Waals surface area (Å²) < 4.78 is 0. The van der Waals surface area contributed by atoms with Gasteiger partial charge in [0.2, 0.25) is 0 Å². The van der Waals surface area contributed by atoms with Gasteiger partial charge in [-0.1, -0.05) is 35.9 Å². The van der Waals surface area contributed by atoms with E-state index in [0.29, 0.717) is 6.04 Å². The second kappa shape index (κ2) is 4.83. The second-order valence-corrected chi connectivity index (χ2v) is 3.33. The maximum absolute atomic E-state index is 3.68. The van der Waals surface area contributed by atoms with E-state index in [1.807, 2.05) is 6.08 Å². The predicted molar refractivity (Wildman–Crippen MR) is 57.8 cm³/mol. The van der Waals surface area contributed by atoms with Crippen molar-refractivity contribution >= 4 is 0 Å². The van der Waals surface area contributed by atoms with E-state index < -0.39 is 0 Å². The van der Waals surface area contributed by atoms with Gasteiger partial charge in [0, 0.05) is 12.6 Å². The molecule has 0 saturated heterocycles. The molecule has 1 heteroatoms. The average Bonchev–Trinajstić information content (AvgIpc) is 2.15. The van der Waals surface area contributed by atoms with E-state index in [0.717, 1.165) is 6.54 Å². The van der Waals surface area contributed by atoms with E-state index in [2.05, 4.69) is 50.0 Å². The lowest BCUT2D eigenvalue weighted by Crippen LogP contribution is -2.18. The highest BCUT2D eigenvalue weighted by Crippen LogP contribution is 2.12. The Morgan fingerprint density at radius 1 is 1.38 bits per heavy atom. The molecule has 0 bridgehead atoms. The zero-order valence-corrected chi connectivity index (χ0v) is 8.38. The van der Waals surface area contributed by atoms with Crippen molar-refractivity contribution in [2.24, 2.45) is 0 Å². The van der Waals surface area contributed by atoms with Crippen molar-refractivity contribution in [3.05, 3.63) is 48.0 Å². The van der Waals surface area contributed by atoms with E-state index in [-0.39, 0.29) is 0 Å². The number of hydrogen-bond acceptors (Lipinski definition) is 1. The van der Waals surface area contributed by atoms with Crippen LogP contribution in [-0.2, 0) is 0 Å². The second-order valence-electron chi connectivity index (χ2n) is 3.33. The van der Waals surface area contributed by atoms with Gasteiger partial charge in [0.25, 0.3) is 0 Å². The zero-order valence-electron chi connectivity index (χ0n) is 8.38. The fourth-order valence-corrected chi connectivity index (χ4v) is 1.23. The van der Waals surface area contributed by atoms with E-state index in [1.54, 1.807) is 0 Å². The molecule has 1 rings (SSSR count). The van der Waals surface area contributed by atoms with Crippen LogP contribution in [0.4, 0.5) is 0 Å². The topological polar surface area (TPSA) is 12.0 Å². The van der Waals surface area contributed by atoms with Crippen LogP contribution < -0.4 is 5.32 Å². The Morgan fingerprint density at radius 2 is 2.00 bits per heavy atom. The van der Waals surface area contributed by atoms with Gasteiger partial charge in [-0.2, -0.15) is 0 Å². The molecule has 0 aliphatic rings. The quantitative estimate of drug-likeness (QED) is 0.694. The molecule has 0 amide bonds. The van der Waals surface area contributed by atoms with E-state index in [9.17, 15) is 0 Å². The predicted octanol–water partition coefficient (Wildman–Crippen LogP) is 2.83. The van der Waals surface area contributed by atoms with Crippen molar-refractivity contribution in [3.63, 3.8) is 0 Å². The monoisotopic (exact) mass is 175 g/mol. The molecule has 70 valence electrons. The molecule has 0 aromatic heterocycles. The summed E-state index contributed by atoms with van der Waals surface area (Å²) in [6.45, 7) is 8.80. The number of nitrogens with one attached hydrogen (secondary N) is 1. The summed E-state index contributed by atoms with van der Waals surface area (Å²) in [5, 5.41) is 3.35. The first-order chi connectivity index (χ1) is 6.24. The van der Waals surface area contributed by atoms with Crippen molar-refractivity contribution in [1.82, 2.24) is 5.32 Å². The zero-order chi connectivity index (χ0) is 9.68. The van der Waals surface area contributed by atoms with Gasteiger partial charge in [-0.3, -0.25) is 0 Å². The fraction of sp³-hybridized carbons (Fsp3) is 0.333. The Bertz CT molecular complexity index is 261. The minimum Gasteiger partial charge on any atom is -0.307 e. The lowest BCUT2D eigenvalue weighted by molar-refractivity contribution is 0.617. The van der Waals surface area contributed by atoms with Crippen LogP contribution in [0.5, 0.6) is 0 Å². The Hall–Kier alpha value is -1.08. The molecule has 1 aromatic carbocycles. The SMILES string of the molecule is C=CCN[C@@H](C)c1ccc(C)cc1. The molecule has 0 spiro atoms. The van der Waals surface area contributed by atoms with Gasteiger partial charge in [0.05, 0.1) is 0 Å². The Morgan fingerprint density at radius 3 is 2.54 bits per heavy atom. The number of aryl methyl sites for hydroxylation is 1. The van der Waals surface area contributed by atoms with Gasteiger partial charge in [-0.25, -0.2) is 0 Å². The maximum Gasteiger partial charge on any atom is 0.0294 e. The summed E-state index contributed by atoms with van der Waals surface area (Å²) >= 11 is 0. The highest BCUT2D eigenvalue weighted by atomic mass is 14.9. The summed E-state index contributed by atoms with van der Waals surface area (Å²) in [5.41, 5.74) is 2.63. The van der Waals surface area contributed by atoms with Crippen molar-refractivity contribution < 1.29 is 0 Å². The minimum atomic E-state index is 0.401. The highest BCUT2D eigenvalue weighted by molar-refractivity contribution is 5.23. The fourth-order valence-electron chi connectivity index (χ4n) is 1.23. The molecule has 0 fully saturated rings. The van der Waals surface area contributed by atoms with E-state index in [4.69, 9.17) is 0 Å². The van der Waals surface area contributed by atoms with Gasteiger partial charge in [0.15, 0.2) is 0 Å². The first kappa shape index (κ1) is 10.0. The van der Waals surface area contributed by atoms with Crippen LogP contribution in [0.1, 0.15) is 24.1 Å². The molecule has 13 heavy (non-hydrogen) atoms. The van der Waals surface area contributed by atoms with Crippen LogP contribution in [0.2, 0.25) is 0 Å². The maximum atomic E-state index is 3.68. The molecular weight excluding hydrogens is 158 g/mol. The van der Waals surface area contributed by atoms with Crippen LogP contribution in [0.25, 0.3) is 0 Å². The first-order valence-electron chi connectivity index (χ1n) is 4.65. The Kier molecular flexibility index (Phi) is 3.71. The van der Waals surface area contributed by atoms with Crippen LogP contribution >= 0.6 is 0 Å². The molecule has 0 radical (unpaired) electrons. The highest BCUT2D eigenvalue weighted by Gasteiger charge is 2.01. The van der Waals surface area contributed by atoms with Crippen molar-refractivity contribution in [3.8, 4) is 0 Å². The number of hydrogen-bond donors (Lipinski definition) is 1. The average molecular weight is 175 g/mol. The van der Waals surface area contributed by atoms with Crippen molar-refractivity contribution in [1.29, 1.82) is 0 Å². The Labute approximate surface area is 80.5 Å². The lowest BCUT2D eigenvalue weighted by atomic mass is 10.1. The largest absolute Gasteiger partial charge is 0.307 e. The van der Waals surface area contributed by atoms with Gasteiger partial charge in [0.1, 0.15) is 0 Å². The molecular formula is C12H17N. The molecule has 0 aliphatic carbocycles. The lowest BCUT2D eigenvalue weighted by Gasteiger charge is -2.12. The minimum absolute atomic E-state index is 0.401. The normalized spacial score (nSPS) is 12.5. The summed E-state index contributed by atoms with van der Waals surface area (Å²) in [5.74, 6) is 0. The van der Waals surface area contributed by atoms with Gasteiger partial charge < -0.3 is 5.32 Å².